The van der Waals surface area contributed by atoms with Gasteiger partial charge in [-0.05, 0) is 48.5 Å². The van der Waals surface area contributed by atoms with Crippen LogP contribution in [-0.2, 0) is 9.59 Å². The quantitative estimate of drug-likeness (QED) is 0.488. The number of carbonyl (C=O) groups excluding carboxylic acids is 3. The fraction of sp³-hybridized carbons (Fsp3) is 0.136. The zero-order chi connectivity index (χ0) is 21.7. The minimum absolute atomic E-state index is 0.223. The van der Waals surface area contributed by atoms with Crippen molar-refractivity contribution in [2.45, 2.75) is 6.92 Å². The highest BCUT2D eigenvalue weighted by Gasteiger charge is 2.36. The van der Waals surface area contributed by atoms with Crippen LogP contribution in [0.2, 0.25) is 5.02 Å². The summed E-state index contributed by atoms with van der Waals surface area (Å²) in [5.41, 5.74) is 2.03. The molecule has 1 aliphatic rings. The number of ether oxygens (including phenoxy) is 1. The Morgan fingerprint density at radius 3 is 2.77 bits per heavy atom. The van der Waals surface area contributed by atoms with Gasteiger partial charge in [0.15, 0.2) is 0 Å². The van der Waals surface area contributed by atoms with Gasteiger partial charge in [0.1, 0.15) is 18.9 Å². The third kappa shape index (κ3) is 5.11. The van der Waals surface area contributed by atoms with E-state index >= 15 is 0 Å². The van der Waals surface area contributed by atoms with E-state index in [-0.39, 0.29) is 11.4 Å². The fourth-order valence-electron chi connectivity index (χ4n) is 2.67. The number of nitrogens with one attached hydrogen (secondary N) is 1. The molecule has 0 atom stereocenters. The van der Waals surface area contributed by atoms with Crippen molar-refractivity contribution in [1.29, 1.82) is 0 Å². The van der Waals surface area contributed by atoms with Crippen molar-refractivity contribution < 1.29 is 19.1 Å². The van der Waals surface area contributed by atoms with Crippen molar-refractivity contribution in [3.8, 4) is 5.75 Å². The first-order valence-electron chi connectivity index (χ1n) is 9.03. The lowest BCUT2D eigenvalue weighted by Crippen LogP contribution is -2.36. The predicted octanol–water partition coefficient (Wildman–Crippen LogP) is 4.89. The van der Waals surface area contributed by atoms with Crippen molar-refractivity contribution >= 4 is 52.2 Å². The first kappa shape index (κ1) is 21.7. The van der Waals surface area contributed by atoms with Gasteiger partial charge in [-0.15, -0.1) is 0 Å². The van der Waals surface area contributed by atoms with Gasteiger partial charge in [-0.25, -0.2) is 0 Å². The average molecular weight is 443 g/mol. The van der Waals surface area contributed by atoms with E-state index in [1.54, 1.807) is 48.6 Å². The molecule has 1 N–H and O–H groups in total. The molecule has 0 radical (unpaired) electrons. The van der Waals surface area contributed by atoms with E-state index in [0.29, 0.717) is 28.6 Å². The monoisotopic (exact) mass is 442 g/mol. The molecular formula is C22H19ClN2O4S. The molecule has 2 aromatic rings. The number of halogens is 1. The molecule has 1 heterocycles. The lowest BCUT2D eigenvalue weighted by molar-refractivity contribution is -0.127. The van der Waals surface area contributed by atoms with Crippen LogP contribution in [0.4, 0.5) is 10.5 Å². The topological polar surface area (TPSA) is 75.7 Å². The van der Waals surface area contributed by atoms with E-state index in [1.807, 2.05) is 13.0 Å². The maximum atomic E-state index is 12.7. The van der Waals surface area contributed by atoms with Crippen molar-refractivity contribution in [2.75, 3.05) is 18.5 Å². The molecule has 154 valence electrons. The average Bonchev–Trinajstić information content (AvgIpc) is 2.97. The molecule has 3 amide bonds. The summed E-state index contributed by atoms with van der Waals surface area (Å²) in [5, 5.41) is 2.65. The molecule has 0 spiro atoms. The zero-order valence-corrected chi connectivity index (χ0v) is 17.8. The fourth-order valence-corrected chi connectivity index (χ4v) is 3.68. The summed E-state index contributed by atoms with van der Waals surface area (Å²) >= 11 is 6.84. The van der Waals surface area contributed by atoms with Gasteiger partial charge in [0.2, 0.25) is 5.91 Å². The largest absolute Gasteiger partial charge is 0.489 e. The number of carbonyl (C=O) groups is 3. The molecule has 8 heteroatoms. The summed E-state index contributed by atoms with van der Waals surface area (Å²) in [6.07, 6.45) is 3.20. The van der Waals surface area contributed by atoms with Crippen LogP contribution >= 0.6 is 23.4 Å². The van der Waals surface area contributed by atoms with Gasteiger partial charge in [0, 0.05) is 16.3 Å². The van der Waals surface area contributed by atoms with Crippen LogP contribution in [0.25, 0.3) is 6.08 Å². The van der Waals surface area contributed by atoms with Crippen LogP contribution in [0, 0.1) is 6.92 Å². The van der Waals surface area contributed by atoms with E-state index in [0.717, 1.165) is 22.2 Å². The second-order valence-corrected chi connectivity index (χ2v) is 7.82. The van der Waals surface area contributed by atoms with Gasteiger partial charge >= 0.3 is 0 Å². The van der Waals surface area contributed by atoms with Gasteiger partial charge in [0.05, 0.1) is 4.91 Å². The van der Waals surface area contributed by atoms with E-state index in [9.17, 15) is 14.4 Å². The highest BCUT2D eigenvalue weighted by atomic mass is 35.5. The van der Waals surface area contributed by atoms with Crippen LogP contribution in [-0.4, -0.2) is 35.1 Å². The van der Waals surface area contributed by atoms with Gasteiger partial charge in [-0.3, -0.25) is 19.3 Å². The Kier molecular flexibility index (Phi) is 6.97. The van der Waals surface area contributed by atoms with Crippen LogP contribution < -0.4 is 10.1 Å². The first-order valence-corrected chi connectivity index (χ1v) is 10.2. The smallest absolute Gasteiger partial charge is 0.294 e. The number of benzene rings is 2. The van der Waals surface area contributed by atoms with E-state index in [1.165, 1.54) is 0 Å². The lowest BCUT2D eigenvalue weighted by atomic mass is 10.2. The maximum absolute atomic E-state index is 12.7. The van der Waals surface area contributed by atoms with E-state index < -0.39 is 17.1 Å². The van der Waals surface area contributed by atoms with Gasteiger partial charge in [-0.2, -0.15) is 0 Å². The Morgan fingerprint density at radius 2 is 2.03 bits per heavy atom. The first-order chi connectivity index (χ1) is 14.4. The van der Waals surface area contributed by atoms with Crippen LogP contribution in [0.15, 0.2) is 60.0 Å². The molecule has 0 aliphatic carbocycles. The number of aryl methyl sites for hydroxylation is 1. The van der Waals surface area contributed by atoms with Crippen LogP contribution in [0.3, 0.4) is 0 Å². The Hall–Kier alpha value is -3.03. The Morgan fingerprint density at radius 1 is 1.27 bits per heavy atom. The molecule has 0 saturated carbocycles. The summed E-state index contributed by atoms with van der Waals surface area (Å²) in [7, 11) is 0. The number of para-hydroxylation sites is 1. The standard InChI is InChI=1S/C22H19ClN2O4S/c1-3-10-29-18-7-5-4-6-15(18)11-19-21(27)25(22(28)30-19)13-20(26)24-16-9-8-14(2)17(23)12-16/h3-9,11-12H,1,10,13H2,2H3,(H,24,26)/b19-11-. The molecule has 1 aliphatic heterocycles. The van der Waals surface area contributed by atoms with Crippen molar-refractivity contribution in [3.63, 3.8) is 0 Å². The minimum Gasteiger partial charge on any atom is -0.489 e. The van der Waals surface area contributed by atoms with Crippen molar-refractivity contribution in [2.24, 2.45) is 0 Å². The molecule has 30 heavy (non-hydrogen) atoms. The van der Waals surface area contributed by atoms with Gasteiger partial charge < -0.3 is 10.1 Å². The van der Waals surface area contributed by atoms with Gasteiger partial charge in [0.25, 0.3) is 11.1 Å². The molecule has 0 aromatic heterocycles. The summed E-state index contributed by atoms with van der Waals surface area (Å²) in [6.45, 7) is 5.39. The highest BCUT2D eigenvalue weighted by Crippen LogP contribution is 2.34. The number of anilines is 1. The third-order valence-electron chi connectivity index (χ3n) is 4.19. The number of thioether (sulfide) groups is 1. The second-order valence-electron chi connectivity index (χ2n) is 6.42. The molecule has 6 nitrogen and oxygen atoms in total. The molecule has 3 rings (SSSR count). The molecular weight excluding hydrogens is 424 g/mol. The zero-order valence-electron chi connectivity index (χ0n) is 16.2. The van der Waals surface area contributed by atoms with E-state index in [4.69, 9.17) is 16.3 Å². The molecule has 2 aromatic carbocycles. The van der Waals surface area contributed by atoms with Crippen molar-refractivity contribution in [3.05, 3.63) is 76.2 Å². The number of imide groups is 1. The normalized spacial score (nSPS) is 14.9. The molecule has 1 saturated heterocycles. The van der Waals surface area contributed by atoms with Crippen LogP contribution in [0.1, 0.15) is 11.1 Å². The molecule has 0 bridgehead atoms. The van der Waals surface area contributed by atoms with Crippen molar-refractivity contribution in [1.82, 2.24) is 4.90 Å². The number of hydrogen-bond acceptors (Lipinski definition) is 5. The Bertz CT molecular complexity index is 1050. The lowest BCUT2D eigenvalue weighted by Gasteiger charge is -2.13. The maximum Gasteiger partial charge on any atom is 0.294 e. The summed E-state index contributed by atoms with van der Waals surface area (Å²) in [5.74, 6) is -0.452. The number of rotatable bonds is 7. The molecule has 0 unspecified atom stereocenters. The second kappa shape index (κ2) is 9.65. The third-order valence-corrected chi connectivity index (χ3v) is 5.51. The number of nitrogens with zero attached hydrogens (tertiary/aromatic N) is 1. The Labute approximate surface area is 183 Å². The Balaban J connectivity index is 1.71. The number of hydrogen-bond donors (Lipinski definition) is 1. The summed E-state index contributed by atoms with van der Waals surface area (Å²) in [4.78, 5) is 38.5. The minimum atomic E-state index is -0.527. The van der Waals surface area contributed by atoms with E-state index in [2.05, 4.69) is 11.9 Å². The SMILES string of the molecule is C=CCOc1ccccc1/C=C1\SC(=O)N(CC(=O)Nc2ccc(C)c(Cl)c2)C1=O. The number of amides is 3. The highest BCUT2D eigenvalue weighted by molar-refractivity contribution is 8.18. The predicted molar refractivity (Wildman–Crippen MR) is 120 cm³/mol. The summed E-state index contributed by atoms with van der Waals surface area (Å²) in [6, 6.07) is 12.2. The molecule has 1 fully saturated rings. The summed E-state index contributed by atoms with van der Waals surface area (Å²) < 4.78 is 5.58. The van der Waals surface area contributed by atoms with Gasteiger partial charge in [-0.1, -0.05) is 48.5 Å². The van der Waals surface area contributed by atoms with Crippen LogP contribution in [0.5, 0.6) is 5.75 Å².